The molecule has 0 aromatic rings. The van der Waals surface area contributed by atoms with E-state index in [0.717, 1.165) is 36.8 Å². The minimum atomic E-state index is -0.815. The second-order valence-corrected chi connectivity index (χ2v) is 6.61. The highest BCUT2D eigenvalue weighted by Gasteiger charge is 2.13. The average Bonchev–Trinajstić information content (AvgIpc) is 2.51. The molecule has 0 aromatic heterocycles. The lowest BCUT2D eigenvalue weighted by molar-refractivity contribution is 0.103. The number of aliphatic hydroxyl groups excluding tert-OH is 2. The molecule has 3 heteroatoms. The summed E-state index contributed by atoms with van der Waals surface area (Å²) in [5.74, 6) is 0. The van der Waals surface area contributed by atoms with Gasteiger partial charge in [0.05, 0.1) is 18.3 Å². The van der Waals surface area contributed by atoms with E-state index in [-0.39, 0.29) is 6.61 Å². The standard InChI is InChI=1S/C20H34O3/c1-6-20(5,23)14-8-10-16(2)12-13-19(22)18(4)11-7-9-17(3)15-21/h6,9-10,19,21-23H,1,4,7-8,11-15H2,2-3,5H3. The molecule has 0 spiro atoms. The summed E-state index contributed by atoms with van der Waals surface area (Å²) >= 11 is 0. The Morgan fingerprint density at radius 1 is 1.13 bits per heavy atom. The molecular weight excluding hydrogens is 288 g/mol. The Labute approximate surface area is 141 Å². The van der Waals surface area contributed by atoms with Crippen LogP contribution in [0, 0.1) is 0 Å². The molecule has 0 heterocycles. The molecule has 0 aliphatic carbocycles. The molecular formula is C20H34O3. The van der Waals surface area contributed by atoms with Crippen LogP contribution in [0.4, 0.5) is 0 Å². The molecule has 3 N–H and O–H groups in total. The molecule has 2 atom stereocenters. The predicted octanol–water partition coefficient (Wildman–Crippen LogP) is 4.07. The number of hydrogen-bond acceptors (Lipinski definition) is 3. The minimum Gasteiger partial charge on any atom is -0.392 e. The van der Waals surface area contributed by atoms with Crippen LogP contribution in [0.15, 0.2) is 48.1 Å². The van der Waals surface area contributed by atoms with Gasteiger partial charge < -0.3 is 15.3 Å². The van der Waals surface area contributed by atoms with Crippen LogP contribution in [0.1, 0.15) is 59.3 Å². The SMILES string of the molecule is C=CC(C)(O)CCC=C(C)CCC(O)C(=C)CCC=C(C)CO. The van der Waals surface area contributed by atoms with Crippen molar-refractivity contribution in [2.75, 3.05) is 6.61 Å². The van der Waals surface area contributed by atoms with Gasteiger partial charge in [0.15, 0.2) is 0 Å². The van der Waals surface area contributed by atoms with Gasteiger partial charge in [0.2, 0.25) is 0 Å². The molecule has 0 aliphatic heterocycles. The summed E-state index contributed by atoms with van der Waals surface area (Å²) in [5, 5.41) is 28.9. The normalized spacial score (nSPS) is 16.8. The summed E-state index contributed by atoms with van der Waals surface area (Å²) in [6.07, 6.45) is 9.65. The zero-order chi connectivity index (χ0) is 17.9. The Kier molecular flexibility index (Phi) is 10.8. The fourth-order valence-electron chi connectivity index (χ4n) is 2.12. The average molecular weight is 322 g/mol. The third kappa shape index (κ3) is 11.1. The van der Waals surface area contributed by atoms with Crippen molar-refractivity contribution in [1.82, 2.24) is 0 Å². The lowest BCUT2D eigenvalue weighted by atomic mass is 9.97. The van der Waals surface area contributed by atoms with Gasteiger partial charge in [-0.15, -0.1) is 6.58 Å². The van der Waals surface area contributed by atoms with Gasteiger partial charge in [-0.2, -0.15) is 0 Å². The van der Waals surface area contributed by atoms with Crippen molar-refractivity contribution >= 4 is 0 Å². The van der Waals surface area contributed by atoms with Crippen LogP contribution >= 0.6 is 0 Å². The van der Waals surface area contributed by atoms with E-state index in [1.165, 1.54) is 5.57 Å². The van der Waals surface area contributed by atoms with Crippen LogP contribution < -0.4 is 0 Å². The monoisotopic (exact) mass is 322 g/mol. The molecule has 0 aliphatic rings. The fourth-order valence-corrected chi connectivity index (χ4v) is 2.12. The first-order chi connectivity index (χ1) is 10.7. The molecule has 0 saturated carbocycles. The molecule has 0 amide bonds. The second kappa shape index (κ2) is 11.4. The van der Waals surface area contributed by atoms with Crippen LogP contribution in [0.25, 0.3) is 0 Å². The molecule has 0 saturated heterocycles. The highest BCUT2D eigenvalue weighted by atomic mass is 16.3. The third-order valence-electron chi connectivity index (χ3n) is 4.07. The number of aliphatic hydroxyl groups is 3. The van der Waals surface area contributed by atoms with E-state index in [1.807, 2.05) is 19.9 Å². The number of rotatable bonds is 12. The van der Waals surface area contributed by atoms with Gasteiger partial charge >= 0.3 is 0 Å². The smallest absolute Gasteiger partial charge is 0.0800 e. The molecule has 0 bridgehead atoms. The minimum absolute atomic E-state index is 0.0811. The lowest BCUT2D eigenvalue weighted by Crippen LogP contribution is -2.19. The van der Waals surface area contributed by atoms with E-state index in [0.29, 0.717) is 12.8 Å². The Bertz CT molecular complexity index is 430. The van der Waals surface area contributed by atoms with Crippen molar-refractivity contribution in [2.24, 2.45) is 0 Å². The van der Waals surface area contributed by atoms with Crippen LogP contribution in [-0.2, 0) is 0 Å². The zero-order valence-corrected chi connectivity index (χ0v) is 15.0. The van der Waals surface area contributed by atoms with E-state index in [2.05, 4.69) is 19.2 Å². The highest BCUT2D eigenvalue weighted by Crippen LogP contribution is 2.18. The van der Waals surface area contributed by atoms with Crippen LogP contribution in [0.2, 0.25) is 0 Å². The maximum absolute atomic E-state index is 10.1. The van der Waals surface area contributed by atoms with Gasteiger partial charge in [0, 0.05) is 0 Å². The second-order valence-electron chi connectivity index (χ2n) is 6.61. The molecule has 0 radical (unpaired) electrons. The van der Waals surface area contributed by atoms with E-state index < -0.39 is 11.7 Å². The lowest BCUT2D eigenvalue weighted by Gasteiger charge is -2.17. The zero-order valence-electron chi connectivity index (χ0n) is 15.0. The first kappa shape index (κ1) is 21.8. The summed E-state index contributed by atoms with van der Waals surface area (Å²) in [6, 6.07) is 0. The topological polar surface area (TPSA) is 60.7 Å². The third-order valence-corrected chi connectivity index (χ3v) is 4.07. The quantitative estimate of drug-likeness (QED) is 0.475. The van der Waals surface area contributed by atoms with Gasteiger partial charge in [-0.1, -0.05) is 36.0 Å². The first-order valence-corrected chi connectivity index (χ1v) is 8.35. The van der Waals surface area contributed by atoms with Gasteiger partial charge in [-0.25, -0.2) is 0 Å². The van der Waals surface area contributed by atoms with E-state index in [1.54, 1.807) is 13.0 Å². The van der Waals surface area contributed by atoms with Crippen molar-refractivity contribution in [1.29, 1.82) is 0 Å². The molecule has 132 valence electrons. The van der Waals surface area contributed by atoms with E-state index >= 15 is 0 Å². The van der Waals surface area contributed by atoms with Crippen molar-refractivity contribution in [3.8, 4) is 0 Å². The molecule has 0 fully saturated rings. The Morgan fingerprint density at radius 3 is 2.30 bits per heavy atom. The van der Waals surface area contributed by atoms with E-state index in [9.17, 15) is 10.2 Å². The summed E-state index contributed by atoms with van der Waals surface area (Å²) in [4.78, 5) is 0. The van der Waals surface area contributed by atoms with Crippen molar-refractivity contribution in [2.45, 2.75) is 71.0 Å². The van der Waals surface area contributed by atoms with Crippen LogP contribution in [0.5, 0.6) is 0 Å². The van der Waals surface area contributed by atoms with Gasteiger partial charge in [-0.3, -0.25) is 0 Å². The van der Waals surface area contributed by atoms with E-state index in [4.69, 9.17) is 5.11 Å². The highest BCUT2D eigenvalue weighted by molar-refractivity contribution is 5.08. The maximum atomic E-state index is 10.1. The molecule has 2 unspecified atom stereocenters. The Hall–Kier alpha value is -1.16. The van der Waals surface area contributed by atoms with Crippen LogP contribution in [0.3, 0.4) is 0 Å². The predicted molar refractivity (Wildman–Crippen MR) is 98.3 cm³/mol. The fraction of sp³-hybridized carbons (Fsp3) is 0.600. The summed E-state index contributed by atoms with van der Waals surface area (Å²) in [6.45, 7) is 13.3. The molecule has 23 heavy (non-hydrogen) atoms. The van der Waals surface area contributed by atoms with Crippen molar-refractivity contribution < 1.29 is 15.3 Å². The Morgan fingerprint density at radius 2 is 1.74 bits per heavy atom. The van der Waals surface area contributed by atoms with Crippen molar-refractivity contribution in [3.63, 3.8) is 0 Å². The first-order valence-electron chi connectivity index (χ1n) is 8.35. The molecule has 0 aromatic carbocycles. The van der Waals surface area contributed by atoms with Crippen molar-refractivity contribution in [3.05, 3.63) is 48.1 Å². The molecule has 3 nitrogen and oxygen atoms in total. The van der Waals surface area contributed by atoms with Gasteiger partial charge in [-0.05, 0) is 64.9 Å². The largest absolute Gasteiger partial charge is 0.392 e. The van der Waals surface area contributed by atoms with Crippen LogP contribution in [-0.4, -0.2) is 33.6 Å². The number of hydrogen-bond donors (Lipinski definition) is 3. The number of allylic oxidation sites excluding steroid dienone is 3. The van der Waals surface area contributed by atoms with Gasteiger partial charge in [0.1, 0.15) is 0 Å². The molecule has 0 rings (SSSR count). The maximum Gasteiger partial charge on any atom is 0.0800 e. The Balaban J connectivity index is 4.09. The summed E-state index contributed by atoms with van der Waals surface area (Å²) < 4.78 is 0. The van der Waals surface area contributed by atoms with Gasteiger partial charge in [0.25, 0.3) is 0 Å². The summed E-state index contributed by atoms with van der Waals surface area (Å²) in [7, 11) is 0. The summed E-state index contributed by atoms with van der Waals surface area (Å²) in [5.41, 5.74) is 2.19.